The van der Waals surface area contributed by atoms with Crippen LogP contribution in [0.1, 0.15) is 44.6 Å². The number of aliphatic hydroxyl groups is 1. The molecule has 1 heterocycles. The van der Waals surface area contributed by atoms with Crippen molar-refractivity contribution in [2.24, 2.45) is 5.92 Å². The van der Waals surface area contributed by atoms with Crippen molar-refractivity contribution >= 4 is 0 Å². The number of nitrogens with one attached hydrogen (secondary N) is 1. The molecule has 1 aromatic heterocycles. The molecule has 118 valence electrons. The van der Waals surface area contributed by atoms with Gasteiger partial charge in [-0.3, -0.25) is 4.98 Å². The number of hydrogen-bond acceptors (Lipinski definition) is 4. The smallest absolute Gasteiger partial charge is 0.0897 e. The van der Waals surface area contributed by atoms with Gasteiger partial charge in [-0.2, -0.15) is 0 Å². The average molecular weight is 292 g/mol. The van der Waals surface area contributed by atoms with Crippen LogP contribution in [0.15, 0.2) is 24.5 Å². The zero-order valence-electron chi connectivity index (χ0n) is 13.0. The quantitative estimate of drug-likeness (QED) is 0.773. The number of rotatable bonds is 8. The summed E-state index contributed by atoms with van der Waals surface area (Å²) in [6.07, 6.45) is 9.69. The summed E-state index contributed by atoms with van der Waals surface area (Å²) in [5.41, 5.74) is 1.13. The number of ether oxygens (including phenoxy) is 1. The van der Waals surface area contributed by atoms with Gasteiger partial charge in [0.25, 0.3) is 0 Å². The summed E-state index contributed by atoms with van der Waals surface area (Å²) in [6, 6.07) is 3.95. The predicted molar refractivity (Wildman–Crippen MR) is 83.9 cm³/mol. The van der Waals surface area contributed by atoms with E-state index in [2.05, 4.69) is 17.2 Å². The molecule has 4 heteroatoms. The molecule has 1 fully saturated rings. The van der Waals surface area contributed by atoms with E-state index in [1.165, 1.54) is 25.7 Å². The topological polar surface area (TPSA) is 54.4 Å². The number of nitrogens with zero attached hydrogens (tertiary/aromatic N) is 1. The highest BCUT2D eigenvalue weighted by Gasteiger charge is 2.24. The van der Waals surface area contributed by atoms with Gasteiger partial charge in [0.2, 0.25) is 0 Å². The highest BCUT2D eigenvalue weighted by molar-refractivity contribution is 5.07. The third kappa shape index (κ3) is 5.73. The van der Waals surface area contributed by atoms with Crippen LogP contribution in [0.4, 0.5) is 0 Å². The molecule has 0 saturated heterocycles. The van der Waals surface area contributed by atoms with Crippen LogP contribution in [-0.4, -0.2) is 35.5 Å². The molecule has 4 nitrogen and oxygen atoms in total. The molecule has 0 aromatic carbocycles. The molecule has 1 saturated carbocycles. The largest absolute Gasteiger partial charge is 0.389 e. The van der Waals surface area contributed by atoms with Crippen LogP contribution in [0.2, 0.25) is 0 Å². The third-order valence-electron chi connectivity index (χ3n) is 4.30. The lowest BCUT2D eigenvalue weighted by atomic mass is 9.85. The van der Waals surface area contributed by atoms with Gasteiger partial charge in [-0.05, 0) is 30.4 Å². The van der Waals surface area contributed by atoms with Gasteiger partial charge in [-0.1, -0.05) is 32.3 Å². The van der Waals surface area contributed by atoms with E-state index in [0.717, 1.165) is 18.5 Å². The van der Waals surface area contributed by atoms with Crippen molar-refractivity contribution in [2.75, 3.05) is 13.2 Å². The molecule has 0 radical (unpaired) electrons. The zero-order chi connectivity index (χ0) is 14.9. The maximum atomic E-state index is 10.0. The Hall–Kier alpha value is -0.970. The fourth-order valence-electron chi connectivity index (χ4n) is 3.04. The van der Waals surface area contributed by atoms with Crippen molar-refractivity contribution in [1.82, 2.24) is 10.3 Å². The predicted octanol–water partition coefficient (Wildman–Crippen LogP) is 2.52. The molecule has 1 aromatic rings. The maximum absolute atomic E-state index is 10.0. The van der Waals surface area contributed by atoms with Crippen molar-refractivity contribution in [3.8, 4) is 0 Å². The maximum Gasteiger partial charge on any atom is 0.0897 e. The summed E-state index contributed by atoms with van der Waals surface area (Å²) >= 11 is 0. The highest BCUT2D eigenvalue weighted by Crippen LogP contribution is 2.29. The minimum Gasteiger partial charge on any atom is -0.389 e. The highest BCUT2D eigenvalue weighted by atomic mass is 16.5. The van der Waals surface area contributed by atoms with E-state index in [0.29, 0.717) is 25.2 Å². The van der Waals surface area contributed by atoms with Crippen LogP contribution >= 0.6 is 0 Å². The SMILES string of the molecule is CCC1CCCCC1OCC(O)CNCc1cccnc1. The van der Waals surface area contributed by atoms with Crippen LogP contribution in [0.5, 0.6) is 0 Å². The number of aromatic nitrogens is 1. The molecule has 0 aliphatic heterocycles. The molecule has 0 amide bonds. The molecule has 21 heavy (non-hydrogen) atoms. The Morgan fingerprint density at radius 1 is 1.43 bits per heavy atom. The Morgan fingerprint density at radius 3 is 3.05 bits per heavy atom. The van der Waals surface area contributed by atoms with Gasteiger partial charge in [0.1, 0.15) is 0 Å². The Balaban J connectivity index is 1.61. The molecule has 1 aliphatic rings. The zero-order valence-corrected chi connectivity index (χ0v) is 13.0. The monoisotopic (exact) mass is 292 g/mol. The van der Waals surface area contributed by atoms with Crippen molar-refractivity contribution < 1.29 is 9.84 Å². The second-order valence-corrected chi connectivity index (χ2v) is 5.97. The van der Waals surface area contributed by atoms with E-state index in [4.69, 9.17) is 4.74 Å². The summed E-state index contributed by atoms with van der Waals surface area (Å²) in [5, 5.41) is 13.3. The molecule has 1 aliphatic carbocycles. The molecule has 2 N–H and O–H groups in total. The van der Waals surface area contributed by atoms with Crippen LogP contribution in [0.3, 0.4) is 0 Å². The van der Waals surface area contributed by atoms with Crippen LogP contribution in [0.25, 0.3) is 0 Å². The molecule has 2 rings (SSSR count). The standard InChI is InChI=1S/C17H28N2O2/c1-2-15-7-3-4-8-17(15)21-13-16(20)12-19-11-14-6-5-9-18-10-14/h5-6,9-10,15-17,19-20H,2-4,7-8,11-13H2,1H3. The minimum atomic E-state index is -0.443. The first-order valence-corrected chi connectivity index (χ1v) is 8.19. The molecular weight excluding hydrogens is 264 g/mol. The summed E-state index contributed by atoms with van der Waals surface area (Å²) < 4.78 is 5.95. The molecular formula is C17H28N2O2. The van der Waals surface area contributed by atoms with E-state index >= 15 is 0 Å². The van der Waals surface area contributed by atoms with Crippen molar-refractivity contribution in [1.29, 1.82) is 0 Å². The fraction of sp³-hybridized carbons (Fsp3) is 0.706. The second-order valence-electron chi connectivity index (χ2n) is 5.97. The van der Waals surface area contributed by atoms with Crippen molar-refractivity contribution in [3.05, 3.63) is 30.1 Å². The lowest BCUT2D eigenvalue weighted by Gasteiger charge is -2.31. The summed E-state index contributed by atoms with van der Waals surface area (Å²) in [7, 11) is 0. The Morgan fingerprint density at radius 2 is 2.29 bits per heavy atom. The second kappa shape index (κ2) is 9.13. The van der Waals surface area contributed by atoms with Gasteiger partial charge < -0.3 is 15.2 Å². The van der Waals surface area contributed by atoms with E-state index in [1.807, 2.05) is 18.3 Å². The molecule has 0 bridgehead atoms. The first-order chi connectivity index (χ1) is 10.3. The van der Waals surface area contributed by atoms with E-state index in [1.54, 1.807) is 6.20 Å². The summed E-state index contributed by atoms with van der Waals surface area (Å²) in [6.45, 7) is 3.95. The fourth-order valence-corrected chi connectivity index (χ4v) is 3.04. The van der Waals surface area contributed by atoms with Crippen molar-refractivity contribution in [2.45, 2.75) is 57.8 Å². The number of hydrogen-bond donors (Lipinski definition) is 2. The Bertz CT molecular complexity index is 386. The lowest BCUT2D eigenvalue weighted by Crippen LogP contribution is -2.34. The van der Waals surface area contributed by atoms with Gasteiger partial charge in [0.15, 0.2) is 0 Å². The van der Waals surface area contributed by atoms with Gasteiger partial charge in [-0.25, -0.2) is 0 Å². The third-order valence-corrected chi connectivity index (χ3v) is 4.30. The Labute approximate surface area is 127 Å². The minimum absolute atomic E-state index is 0.344. The van der Waals surface area contributed by atoms with E-state index in [9.17, 15) is 5.11 Å². The van der Waals surface area contributed by atoms with Crippen molar-refractivity contribution in [3.63, 3.8) is 0 Å². The summed E-state index contributed by atoms with van der Waals surface area (Å²) in [5.74, 6) is 0.675. The molecule has 3 unspecified atom stereocenters. The first-order valence-electron chi connectivity index (χ1n) is 8.19. The lowest BCUT2D eigenvalue weighted by molar-refractivity contribution is -0.0499. The van der Waals surface area contributed by atoms with Crippen LogP contribution in [0, 0.1) is 5.92 Å². The van der Waals surface area contributed by atoms with E-state index in [-0.39, 0.29) is 0 Å². The van der Waals surface area contributed by atoms with Gasteiger partial charge >= 0.3 is 0 Å². The van der Waals surface area contributed by atoms with Crippen LogP contribution < -0.4 is 5.32 Å². The normalized spacial score (nSPS) is 23.9. The first kappa shape index (κ1) is 16.4. The summed E-state index contributed by atoms with van der Waals surface area (Å²) in [4.78, 5) is 4.07. The molecule has 3 atom stereocenters. The Kier molecular flexibility index (Phi) is 7.13. The number of aliphatic hydroxyl groups excluding tert-OH is 1. The number of pyridine rings is 1. The van der Waals surface area contributed by atoms with Gasteiger partial charge in [-0.15, -0.1) is 0 Å². The van der Waals surface area contributed by atoms with Crippen LogP contribution in [-0.2, 0) is 11.3 Å². The average Bonchev–Trinajstić information content (AvgIpc) is 2.54. The van der Waals surface area contributed by atoms with Gasteiger partial charge in [0.05, 0.1) is 18.8 Å². The van der Waals surface area contributed by atoms with Gasteiger partial charge in [0, 0.05) is 25.5 Å². The van der Waals surface area contributed by atoms with E-state index < -0.39 is 6.10 Å². The molecule has 0 spiro atoms.